The van der Waals surface area contributed by atoms with Crippen LogP contribution in [0.25, 0.3) is 0 Å². The fourth-order valence-corrected chi connectivity index (χ4v) is 1.75. The van der Waals surface area contributed by atoms with E-state index in [1.807, 2.05) is 0 Å². The van der Waals surface area contributed by atoms with Crippen LogP contribution < -0.4 is 4.90 Å². The highest BCUT2D eigenvalue weighted by atomic mass is 16.3. The SMILES string of the molecule is CC(C)c1ccccc1N(C)CCCO. The van der Waals surface area contributed by atoms with Crippen LogP contribution in [0.3, 0.4) is 0 Å². The smallest absolute Gasteiger partial charge is 0.0447 e. The van der Waals surface area contributed by atoms with Crippen molar-refractivity contribution in [2.24, 2.45) is 0 Å². The minimum atomic E-state index is 0.258. The first-order valence-corrected chi connectivity index (χ1v) is 5.57. The largest absolute Gasteiger partial charge is 0.396 e. The Hall–Kier alpha value is -1.02. The molecule has 2 heteroatoms. The maximum Gasteiger partial charge on any atom is 0.0447 e. The number of hydrogen-bond donors (Lipinski definition) is 1. The summed E-state index contributed by atoms with van der Waals surface area (Å²) in [4.78, 5) is 2.21. The summed E-state index contributed by atoms with van der Waals surface area (Å²) >= 11 is 0. The summed E-state index contributed by atoms with van der Waals surface area (Å²) < 4.78 is 0. The molecule has 0 amide bonds. The van der Waals surface area contributed by atoms with Crippen LogP contribution in [0.1, 0.15) is 31.7 Å². The van der Waals surface area contributed by atoms with Gasteiger partial charge in [0.25, 0.3) is 0 Å². The molecule has 84 valence electrons. The van der Waals surface area contributed by atoms with Crippen LogP contribution in [-0.2, 0) is 0 Å². The molecule has 1 aromatic rings. The minimum absolute atomic E-state index is 0.258. The zero-order valence-electron chi connectivity index (χ0n) is 9.90. The van der Waals surface area contributed by atoms with Crippen LogP contribution in [0.15, 0.2) is 24.3 Å². The lowest BCUT2D eigenvalue weighted by Gasteiger charge is -2.23. The van der Waals surface area contributed by atoms with E-state index in [1.165, 1.54) is 11.3 Å². The molecule has 0 aliphatic heterocycles. The van der Waals surface area contributed by atoms with E-state index >= 15 is 0 Å². The first-order valence-electron chi connectivity index (χ1n) is 5.57. The monoisotopic (exact) mass is 207 g/mol. The molecule has 1 aromatic carbocycles. The maximum atomic E-state index is 8.81. The molecule has 0 unspecified atom stereocenters. The summed E-state index contributed by atoms with van der Waals surface area (Å²) in [5.41, 5.74) is 2.65. The Morgan fingerprint density at radius 1 is 1.27 bits per heavy atom. The van der Waals surface area contributed by atoms with Gasteiger partial charge in [-0.15, -0.1) is 0 Å². The number of rotatable bonds is 5. The highest BCUT2D eigenvalue weighted by Crippen LogP contribution is 2.26. The Morgan fingerprint density at radius 2 is 1.93 bits per heavy atom. The fraction of sp³-hybridized carbons (Fsp3) is 0.538. The predicted molar refractivity (Wildman–Crippen MR) is 65.5 cm³/mol. The molecule has 0 radical (unpaired) electrons. The molecule has 0 bridgehead atoms. The molecule has 0 fully saturated rings. The first-order chi connectivity index (χ1) is 7.16. The Labute approximate surface area is 92.5 Å². The number of para-hydroxylation sites is 1. The van der Waals surface area contributed by atoms with Gasteiger partial charge >= 0.3 is 0 Å². The van der Waals surface area contributed by atoms with E-state index in [-0.39, 0.29) is 6.61 Å². The van der Waals surface area contributed by atoms with Crippen molar-refractivity contribution < 1.29 is 5.11 Å². The maximum absolute atomic E-state index is 8.81. The molecule has 1 rings (SSSR count). The van der Waals surface area contributed by atoms with Crippen LogP contribution in [0.4, 0.5) is 5.69 Å². The second-order valence-electron chi connectivity index (χ2n) is 4.21. The number of aliphatic hydroxyl groups excluding tert-OH is 1. The topological polar surface area (TPSA) is 23.5 Å². The normalized spacial score (nSPS) is 10.7. The second-order valence-corrected chi connectivity index (χ2v) is 4.21. The van der Waals surface area contributed by atoms with Gasteiger partial charge in [0.05, 0.1) is 0 Å². The number of benzene rings is 1. The Balaban J connectivity index is 2.82. The standard InChI is InChI=1S/C13H21NO/c1-11(2)12-7-4-5-8-13(12)14(3)9-6-10-15/h4-5,7-8,11,15H,6,9-10H2,1-3H3. The lowest BCUT2D eigenvalue weighted by Crippen LogP contribution is -2.20. The van der Waals surface area contributed by atoms with E-state index in [2.05, 4.69) is 50.1 Å². The van der Waals surface area contributed by atoms with E-state index in [9.17, 15) is 0 Å². The Kier molecular flexibility index (Phi) is 4.63. The number of nitrogens with zero attached hydrogens (tertiary/aromatic N) is 1. The third-order valence-electron chi connectivity index (χ3n) is 2.62. The molecular formula is C13H21NO. The molecule has 0 saturated heterocycles. The molecule has 2 nitrogen and oxygen atoms in total. The van der Waals surface area contributed by atoms with Gasteiger partial charge in [-0.25, -0.2) is 0 Å². The van der Waals surface area contributed by atoms with E-state index in [0.717, 1.165) is 13.0 Å². The highest BCUT2D eigenvalue weighted by Gasteiger charge is 2.08. The van der Waals surface area contributed by atoms with Gasteiger partial charge in [0, 0.05) is 25.9 Å². The van der Waals surface area contributed by atoms with E-state index in [1.54, 1.807) is 0 Å². The lowest BCUT2D eigenvalue weighted by molar-refractivity contribution is 0.290. The number of anilines is 1. The van der Waals surface area contributed by atoms with Crippen LogP contribution in [0.5, 0.6) is 0 Å². The molecule has 1 N–H and O–H groups in total. The Bertz CT molecular complexity index is 296. The van der Waals surface area contributed by atoms with Crippen LogP contribution in [0, 0.1) is 0 Å². The molecule has 0 spiro atoms. The summed E-state index contributed by atoms with van der Waals surface area (Å²) in [6.07, 6.45) is 0.822. The summed E-state index contributed by atoms with van der Waals surface area (Å²) in [6, 6.07) is 8.47. The zero-order chi connectivity index (χ0) is 11.3. The number of aliphatic hydroxyl groups is 1. The van der Waals surface area contributed by atoms with Crippen LogP contribution >= 0.6 is 0 Å². The first kappa shape index (κ1) is 12.1. The Morgan fingerprint density at radius 3 is 2.53 bits per heavy atom. The van der Waals surface area contributed by atoms with Gasteiger partial charge in [0.1, 0.15) is 0 Å². The molecule has 0 atom stereocenters. The van der Waals surface area contributed by atoms with Gasteiger partial charge in [0.15, 0.2) is 0 Å². The highest BCUT2D eigenvalue weighted by molar-refractivity contribution is 5.54. The second kappa shape index (κ2) is 5.76. The van der Waals surface area contributed by atoms with Crippen LogP contribution in [0.2, 0.25) is 0 Å². The molecule has 0 saturated carbocycles. The molecule has 15 heavy (non-hydrogen) atoms. The average Bonchev–Trinajstić information content (AvgIpc) is 2.25. The number of hydrogen-bond acceptors (Lipinski definition) is 2. The van der Waals surface area contributed by atoms with Gasteiger partial charge in [-0.3, -0.25) is 0 Å². The predicted octanol–water partition coefficient (Wildman–Crippen LogP) is 2.63. The van der Waals surface area contributed by atoms with E-state index in [0.29, 0.717) is 5.92 Å². The van der Waals surface area contributed by atoms with Gasteiger partial charge in [0.2, 0.25) is 0 Å². The van der Waals surface area contributed by atoms with E-state index < -0.39 is 0 Å². The fourth-order valence-electron chi connectivity index (χ4n) is 1.75. The molecular weight excluding hydrogens is 186 g/mol. The third kappa shape index (κ3) is 3.24. The van der Waals surface area contributed by atoms with Crippen molar-refractivity contribution in [3.63, 3.8) is 0 Å². The van der Waals surface area contributed by atoms with Crippen molar-refractivity contribution in [1.82, 2.24) is 0 Å². The molecule has 0 aliphatic rings. The quantitative estimate of drug-likeness (QED) is 0.802. The van der Waals surface area contributed by atoms with Gasteiger partial charge in [-0.05, 0) is 24.0 Å². The van der Waals surface area contributed by atoms with Crippen molar-refractivity contribution in [3.8, 4) is 0 Å². The van der Waals surface area contributed by atoms with Crippen molar-refractivity contribution in [1.29, 1.82) is 0 Å². The average molecular weight is 207 g/mol. The summed E-state index contributed by atoms with van der Waals surface area (Å²) in [5, 5.41) is 8.81. The van der Waals surface area contributed by atoms with Crippen molar-refractivity contribution in [2.75, 3.05) is 25.1 Å². The van der Waals surface area contributed by atoms with Gasteiger partial charge in [-0.2, -0.15) is 0 Å². The molecule has 0 aliphatic carbocycles. The third-order valence-corrected chi connectivity index (χ3v) is 2.62. The minimum Gasteiger partial charge on any atom is -0.396 e. The molecule has 0 aromatic heterocycles. The van der Waals surface area contributed by atoms with Crippen molar-refractivity contribution in [3.05, 3.63) is 29.8 Å². The van der Waals surface area contributed by atoms with Gasteiger partial charge < -0.3 is 10.0 Å². The summed E-state index contributed by atoms with van der Waals surface area (Å²) in [7, 11) is 2.08. The van der Waals surface area contributed by atoms with Crippen molar-refractivity contribution >= 4 is 5.69 Å². The summed E-state index contributed by atoms with van der Waals surface area (Å²) in [5.74, 6) is 0.540. The van der Waals surface area contributed by atoms with Crippen molar-refractivity contribution in [2.45, 2.75) is 26.2 Å². The van der Waals surface area contributed by atoms with Crippen LogP contribution in [-0.4, -0.2) is 25.3 Å². The lowest BCUT2D eigenvalue weighted by atomic mass is 10.0. The van der Waals surface area contributed by atoms with E-state index in [4.69, 9.17) is 5.11 Å². The van der Waals surface area contributed by atoms with Gasteiger partial charge in [-0.1, -0.05) is 32.0 Å². The molecule has 0 heterocycles. The zero-order valence-corrected chi connectivity index (χ0v) is 9.90. The summed E-state index contributed by atoms with van der Waals surface area (Å²) in [6.45, 7) is 5.58.